The molecule has 5 nitrogen and oxygen atoms in total. The number of benzene rings is 8. The molecule has 0 atom stereocenters. The van der Waals surface area contributed by atoms with Crippen LogP contribution in [0.3, 0.4) is 0 Å². The molecule has 52 heavy (non-hydrogen) atoms. The summed E-state index contributed by atoms with van der Waals surface area (Å²) in [4.78, 5) is 15.3. The maximum atomic E-state index is 12.4. The van der Waals surface area contributed by atoms with E-state index in [4.69, 9.17) is 19.4 Å². The van der Waals surface area contributed by atoms with Crippen LogP contribution in [0.1, 0.15) is 0 Å². The van der Waals surface area contributed by atoms with Crippen LogP contribution in [0, 0.1) is 0 Å². The number of nitrogens with zero attached hydrogens (tertiary/aromatic N) is 3. The van der Waals surface area contributed by atoms with Crippen LogP contribution in [-0.4, -0.2) is 20.1 Å². The van der Waals surface area contributed by atoms with Crippen LogP contribution in [0.15, 0.2) is 174 Å². The molecule has 1 N–H and O–H groups in total. The first-order valence-electron chi connectivity index (χ1n) is 17.3. The maximum absolute atomic E-state index is 12.4. The fraction of sp³-hybridized carbons (Fsp3) is 0. The van der Waals surface area contributed by atoms with Crippen molar-refractivity contribution >= 4 is 43.5 Å². The zero-order valence-electron chi connectivity index (χ0n) is 27.9. The van der Waals surface area contributed by atoms with E-state index in [1.807, 2.05) is 109 Å². The second kappa shape index (κ2) is 12.0. The standard InChI is InChI=1S/C47H29N3O2/c51-44-36(35-19-11-21-41-43(35)37-18-9-10-20-40(37)52-41)26-27-38(42(44)31-13-3-1-4-14-31)47-49-45(32-15-5-2-6-16-32)48-46(50-47)33-25-24-30-23-22-29-12-7-8-17-34(29)39(30)28-33/h1-28,51H. The predicted molar refractivity (Wildman–Crippen MR) is 211 cm³/mol. The third kappa shape index (κ3) is 4.90. The highest BCUT2D eigenvalue weighted by Gasteiger charge is 2.23. The molecule has 10 aromatic rings. The summed E-state index contributed by atoms with van der Waals surface area (Å²) in [5.41, 5.74) is 7.09. The zero-order chi connectivity index (χ0) is 34.6. The summed E-state index contributed by atoms with van der Waals surface area (Å²) < 4.78 is 6.21. The number of para-hydroxylation sites is 1. The van der Waals surface area contributed by atoms with Gasteiger partial charge in [0.05, 0.1) is 0 Å². The van der Waals surface area contributed by atoms with E-state index in [1.54, 1.807) is 0 Å². The van der Waals surface area contributed by atoms with Gasteiger partial charge in [-0.1, -0.05) is 140 Å². The van der Waals surface area contributed by atoms with Gasteiger partial charge in [0, 0.05) is 38.6 Å². The van der Waals surface area contributed by atoms with E-state index in [0.29, 0.717) is 34.2 Å². The summed E-state index contributed by atoms with van der Waals surface area (Å²) in [6.45, 7) is 0. The zero-order valence-corrected chi connectivity index (χ0v) is 27.9. The van der Waals surface area contributed by atoms with Crippen LogP contribution in [0.4, 0.5) is 0 Å². The van der Waals surface area contributed by atoms with E-state index >= 15 is 0 Å². The first-order chi connectivity index (χ1) is 25.7. The van der Waals surface area contributed by atoms with E-state index in [9.17, 15) is 5.11 Å². The summed E-state index contributed by atoms with van der Waals surface area (Å²) in [5, 5.41) is 19.0. The second-order valence-corrected chi connectivity index (χ2v) is 12.9. The quantitative estimate of drug-likeness (QED) is 0.185. The highest BCUT2D eigenvalue weighted by atomic mass is 16.3. The molecule has 0 bridgehead atoms. The molecule has 0 unspecified atom stereocenters. The van der Waals surface area contributed by atoms with E-state index in [0.717, 1.165) is 55.0 Å². The Bertz CT molecular complexity index is 2970. The molecule has 8 aromatic carbocycles. The molecule has 10 rings (SSSR count). The van der Waals surface area contributed by atoms with Crippen molar-refractivity contribution in [2.24, 2.45) is 0 Å². The van der Waals surface area contributed by atoms with E-state index < -0.39 is 0 Å². The number of phenolic OH excluding ortho intramolecular Hbond substituents is 1. The fourth-order valence-corrected chi connectivity index (χ4v) is 7.37. The van der Waals surface area contributed by atoms with Gasteiger partial charge < -0.3 is 9.52 Å². The molecule has 0 aliphatic rings. The van der Waals surface area contributed by atoms with Gasteiger partial charge in [0.1, 0.15) is 16.9 Å². The van der Waals surface area contributed by atoms with E-state index in [2.05, 4.69) is 60.7 Å². The molecule has 0 saturated heterocycles. The molecule has 0 amide bonds. The normalized spacial score (nSPS) is 11.5. The summed E-state index contributed by atoms with van der Waals surface area (Å²) in [5.74, 6) is 1.71. The summed E-state index contributed by atoms with van der Waals surface area (Å²) in [6, 6.07) is 56.9. The lowest BCUT2D eigenvalue weighted by molar-refractivity contribution is 0.479. The first-order valence-corrected chi connectivity index (χ1v) is 17.3. The Morgan fingerprint density at radius 3 is 1.79 bits per heavy atom. The average molecular weight is 668 g/mol. The fourth-order valence-electron chi connectivity index (χ4n) is 7.37. The smallest absolute Gasteiger partial charge is 0.164 e. The Morgan fingerprint density at radius 1 is 0.385 bits per heavy atom. The van der Waals surface area contributed by atoms with E-state index in [-0.39, 0.29) is 5.75 Å². The molecular weight excluding hydrogens is 639 g/mol. The Labute approximate surface area is 299 Å². The lowest BCUT2D eigenvalue weighted by Gasteiger charge is -2.17. The monoisotopic (exact) mass is 667 g/mol. The average Bonchev–Trinajstić information content (AvgIpc) is 3.60. The molecule has 2 heterocycles. The Morgan fingerprint density at radius 2 is 0.981 bits per heavy atom. The molecule has 0 spiro atoms. The largest absolute Gasteiger partial charge is 0.507 e. The van der Waals surface area contributed by atoms with Crippen LogP contribution in [0.25, 0.3) is 99.9 Å². The van der Waals surface area contributed by atoms with Crippen LogP contribution >= 0.6 is 0 Å². The summed E-state index contributed by atoms with van der Waals surface area (Å²) in [7, 11) is 0. The number of furan rings is 1. The maximum Gasteiger partial charge on any atom is 0.164 e. The Hall–Kier alpha value is -7.11. The van der Waals surface area contributed by atoms with Crippen molar-refractivity contribution < 1.29 is 9.52 Å². The predicted octanol–water partition coefficient (Wildman–Crippen LogP) is 12.1. The Kier molecular flexibility index (Phi) is 6.89. The van der Waals surface area contributed by atoms with Crippen molar-refractivity contribution in [3.63, 3.8) is 0 Å². The van der Waals surface area contributed by atoms with Crippen LogP contribution in [-0.2, 0) is 0 Å². The van der Waals surface area contributed by atoms with Gasteiger partial charge in [-0.3, -0.25) is 0 Å². The highest BCUT2D eigenvalue weighted by molar-refractivity contribution is 6.13. The van der Waals surface area contributed by atoms with Gasteiger partial charge in [0.15, 0.2) is 17.5 Å². The molecule has 2 aromatic heterocycles. The molecule has 5 heteroatoms. The number of aromatic nitrogens is 3. The van der Waals surface area contributed by atoms with E-state index in [1.165, 1.54) is 10.8 Å². The molecule has 0 fully saturated rings. The summed E-state index contributed by atoms with van der Waals surface area (Å²) >= 11 is 0. The van der Waals surface area contributed by atoms with Crippen LogP contribution in [0.2, 0.25) is 0 Å². The topological polar surface area (TPSA) is 72.0 Å². The number of fused-ring (bicyclic) bond motifs is 6. The number of phenols is 1. The Balaban J connectivity index is 1.23. The second-order valence-electron chi connectivity index (χ2n) is 12.9. The SMILES string of the molecule is Oc1c(-c2cccc3oc4ccccc4c23)ccc(-c2nc(-c3ccccc3)nc(-c3ccc4ccc5ccccc5c4c3)n2)c1-c1ccccc1. The van der Waals surface area contributed by atoms with Gasteiger partial charge in [0.25, 0.3) is 0 Å². The minimum absolute atomic E-state index is 0.141. The summed E-state index contributed by atoms with van der Waals surface area (Å²) in [6.07, 6.45) is 0. The third-order valence-corrected chi connectivity index (χ3v) is 9.85. The highest BCUT2D eigenvalue weighted by Crippen LogP contribution is 2.47. The molecule has 244 valence electrons. The first kappa shape index (κ1) is 29.8. The van der Waals surface area contributed by atoms with Crippen molar-refractivity contribution in [2.45, 2.75) is 0 Å². The van der Waals surface area contributed by atoms with Crippen molar-refractivity contribution in [3.8, 4) is 62.2 Å². The molecule has 0 radical (unpaired) electrons. The van der Waals surface area contributed by atoms with Crippen molar-refractivity contribution in [2.75, 3.05) is 0 Å². The lowest BCUT2D eigenvalue weighted by atomic mass is 9.91. The van der Waals surface area contributed by atoms with Gasteiger partial charge in [-0.15, -0.1) is 0 Å². The number of rotatable bonds is 5. The van der Waals surface area contributed by atoms with Gasteiger partial charge in [-0.2, -0.15) is 0 Å². The van der Waals surface area contributed by atoms with Gasteiger partial charge >= 0.3 is 0 Å². The molecule has 0 aliphatic carbocycles. The minimum atomic E-state index is 0.141. The van der Waals surface area contributed by atoms with Crippen molar-refractivity contribution in [1.82, 2.24) is 15.0 Å². The number of hydrogen-bond acceptors (Lipinski definition) is 5. The van der Waals surface area contributed by atoms with Crippen molar-refractivity contribution in [3.05, 3.63) is 170 Å². The molecule has 0 aliphatic heterocycles. The van der Waals surface area contributed by atoms with Gasteiger partial charge in [-0.25, -0.2) is 15.0 Å². The number of aromatic hydroxyl groups is 1. The number of hydrogen-bond donors (Lipinski definition) is 1. The minimum Gasteiger partial charge on any atom is -0.507 e. The lowest BCUT2D eigenvalue weighted by Crippen LogP contribution is -2.01. The van der Waals surface area contributed by atoms with Crippen molar-refractivity contribution in [1.29, 1.82) is 0 Å². The molecule has 0 saturated carbocycles. The third-order valence-electron chi connectivity index (χ3n) is 9.85. The van der Waals surface area contributed by atoms with Gasteiger partial charge in [-0.05, 0) is 63.0 Å². The molecular formula is C47H29N3O2. The van der Waals surface area contributed by atoms with Gasteiger partial charge in [0.2, 0.25) is 0 Å². The van der Waals surface area contributed by atoms with Crippen LogP contribution in [0.5, 0.6) is 5.75 Å². The van der Waals surface area contributed by atoms with Crippen LogP contribution < -0.4 is 0 Å².